The number of carboxylic acids is 1. The van der Waals surface area contributed by atoms with Crippen molar-refractivity contribution in [2.75, 3.05) is 11.4 Å². The van der Waals surface area contributed by atoms with Crippen LogP contribution in [0.2, 0.25) is 0 Å². The Bertz CT molecular complexity index is 456. The molecule has 1 aliphatic rings. The molecule has 1 N–H and O–H groups in total. The number of aromatic carboxylic acids is 1. The number of hydrogen-bond donors (Lipinski definition) is 1. The van der Waals surface area contributed by atoms with E-state index in [-0.39, 0.29) is 0 Å². The lowest BCUT2D eigenvalue weighted by atomic mass is 9.92. The van der Waals surface area contributed by atoms with Crippen molar-refractivity contribution in [2.45, 2.75) is 39.7 Å². The molecule has 0 saturated carbocycles. The molecule has 18 heavy (non-hydrogen) atoms. The molecule has 0 amide bonds. The summed E-state index contributed by atoms with van der Waals surface area (Å²) in [7, 11) is 0. The molecule has 1 aliphatic heterocycles. The average molecular weight is 247 g/mol. The molecule has 1 fully saturated rings. The molecule has 0 aliphatic carbocycles. The minimum absolute atomic E-state index is 0.400. The van der Waals surface area contributed by atoms with Gasteiger partial charge in [-0.1, -0.05) is 6.92 Å². The quantitative estimate of drug-likeness (QED) is 0.871. The second-order valence-electron chi connectivity index (χ2n) is 5.48. The number of carbonyl (C=O) groups is 1. The van der Waals surface area contributed by atoms with Gasteiger partial charge in [0.2, 0.25) is 0 Å². The van der Waals surface area contributed by atoms with Crippen LogP contribution in [0.4, 0.5) is 5.69 Å². The third-order valence-electron chi connectivity index (χ3n) is 3.91. The summed E-state index contributed by atoms with van der Waals surface area (Å²) in [6.07, 6.45) is 2.42. The highest BCUT2D eigenvalue weighted by molar-refractivity contribution is 5.89. The Balaban J connectivity index is 2.24. The van der Waals surface area contributed by atoms with Crippen molar-refractivity contribution < 1.29 is 9.90 Å². The largest absolute Gasteiger partial charge is 0.478 e. The van der Waals surface area contributed by atoms with E-state index in [0.717, 1.165) is 23.7 Å². The highest BCUT2D eigenvalue weighted by Gasteiger charge is 2.23. The molecule has 0 spiro atoms. The third-order valence-corrected chi connectivity index (χ3v) is 3.91. The number of benzene rings is 1. The van der Waals surface area contributed by atoms with E-state index in [1.807, 2.05) is 19.1 Å². The molecule has 3 heteroatoms. The van der Waals surface area contributed by atoms with Crippen molar-refractivity contribution in [3.8, 4) is 0 Å². The second kappa shape index (κ2) is 5.01. The molecule has 1 aromatic carbocycles. The van der Waals surface area contributed by atoms with Crippen molar-refractivity contribution >= 4 is 11.7 Å². The maximum atomic E-state index is 11.0. The zero-order valence-corrected chi connectivity index (χ0v) is 11.3. The molecule has 1 aromatic rings. The van der Waals surface area contributed by atoms with Gasteiger partial charge in [-0.2, -0.15) is 0 Å². The van der Waals surface area contributed by atoms with E-state index in [2.05, 4.69) is 18.7 Å². The standard InChI is InChI=1S/C15H21NO2/c1-10-6-7-16(12(3)8-10)13-4-5-14(15(17)18)11(2)9-13/h4-5,9-10,12H,6-8H2,1-3H3,(H,17,18). The normalized spacial score (nSPS) is 24.1. The number of piperidine rings is 1. The Morgan fingerprint density at radius 1 is 1.39 bits per heavy atom. The molecule has 2 unspecified atom stereocenters. The molecular weight excluding hydrogens is 226 g/mol. The number of carboxylic acid groups (broad SMARTS) is 1. The van der Waals surface area contributed by atoms with Crippen LogP contribution >= 0.6 is 0 Å². The molecular formula is C15H21NO2. The predicted molar refractivity (Wildman–Crippen MR) is 73.3 cm³/mol. The number of aryl methyl sites for hydroxylation is 1. The van der Waals surface area contributed by atoms with E-state index in [9.17, 15) is 4.79 Å². The maximum absolute atomic E-state index is 11.0. The molecule has 1 heterocycles. The van der Waals surface area contributed by atoms with Gasteiger partial charge in [0, 0.05) is 18.3 Å². The zero-order valence-electron chi connectivity index (χ0n) is 11.3. The average Bonchev–Trinajstić information content (AvgIpc) is 2.28. The van der Waals surface area contributed by atoms with Crippen LogP contribution in [-0.4, -0.2) is 23.7 Å². The van der Waals surface area contributed by atoms with Crippen LogP contribution in [0.1, 0.15) is 42.6 Å². The summed E-state index contributed by atoms with van der Waals surface area (Å²) in [5, 5.41) is 9.04. The van der Waals surface area contributed by atoms with Crippen molar-refractivity contribution in [3.63, 3.8) is 0 Å². The highest BCUT2D eigenvalue weighted by atomic mass is 16.4. The van der Waals surface area contributed by atoms with Crippen molar-refractivity contribution in [2.24, 2.45) is 5.92 Å². The third kappa shape index (κ3) is 2.50. The van der Waals surface area contributed by atoms with Gasteiger partial charge in [0.1, 0.15) is 0 Å². The van der Waals surface area contributed by atoms with Gasteiger partial charge < -0.3 is 10.0 Å². The lowest BCUT2D eigenvalue weighted by Crippen LogP contribution is -2.40. The first-order valence-electron chi connectivity index (χ1n) is 6.59. The SMILES string of the molecule is Cc1cc(N2CCC(C)CC2C)ccc1C(=O)O. The lowest BCUT2D eigenvalue weighted by Gasteiger charge is -2.38. The van der Waals surface area contributed by atoms with Gasteiger partial charge in [-0.25, -0.2) is 4.79 Å². The summed E-state index contributed by atoms with van der Waals surface area (Å²) in [6.45, 7) is 7.47. The van der Waals surface area contributed by atoms with Gasteiger partial charge in [-0.15, -0.1) is 0 Å². The Morgan fingerprint density at radius 2 is 2.11 bits per heavy atom. The first-order chi connectivity index (χ1) is 8.49. The zero-order chi connectivity index (χ0) is 13.3. The van der Waals surface area contributed by atoms with Gasteiger partial charge in [-0.05, 0) is 56.4 Å². The van der Waals surface area contributed by atoms with Gasteiger partial charge >= 0.3 is 5.97 Å². The molecule has 2 rings (SSSR count). The van der Waals surface area contributed by atoms with Gasteiger partial charge in [-0.3, -0.25) is 0 Å². The molecule has 0 bridgehead atoms. The predicted octanol–water partition coefficient (Wildman–Crippen LogP) is 3.32. The van der Waals surface area contributed by atoms with Gasteiger partial charge in [0.05, 0.1) is 5.56 Å². The smallest absolute Gasteiger partial charge is 0.335 e. The summed E-state index contributed by atoms with van der Waals surface area (Å²) >= 11 is 0. The van der Waals surface area contributed by atoms with Crippen LogP contribution in [-0.2, 0) is 0 Å². The van der Waals surface area contributed by atoms with E-state index in [1.54, 1.807) is 6.07 Å². The monoisotopic (exact) mass is 247 g/mol. The van der Waals surface area contributed by atoms with Crippen LogP contribution in [0.5, 0.6) is 0 Å². The molecule has 0 radical (unpaired) electrons. The topological polar surface area (TPSA) is 40.5 Å². The fourth-order valence-corrected chi connectivity index (χ4v) is 2.86. The Labute approximate surface area is 108 Å². The Hall–Kier alpha value is -1.51. The van der Waals surface area contributed by atoms with Gasteiger partial charge in [0.15, 0.2) is 0 Å². The minimum atomic E-state index is -0.848. The fourth-order valence-electron chi connectivity index (χ4n) is 2.86. The van der Waals surface area contributed by atoms with E-state index < -0.39 is 5.97 Å². The number of hydrogen-bond acceptors (Lipinski definition) is 2. The Morgan fingerprint density at radius 3 is 2.67 bits per heavy atom. The lowest BCUT2D eigenvalue weighted by molar-refractivity contribution is 0.0696. The van der Waals surface area contributed by atoms with Crippen LogP contribution in [0.3, 0.4) is 0 Å². The number of nitrogens with zero attached hydrogens (tertiary/aromatic N) is 1. The first kappa shape index (κ1) is 12.9. The van der Waals surface area contributed by atoms with Crippen molar-refractivity contribution in [1.82, 2.24) is 0 Å². The van der Waals surface area contributed by atoms with Crippen molar-refractivity contribution in [3.05, 3.63) is 29.3 Å². The second-order valence-corrected chi connectivity index (χ2v) is 5.48. The summed E-state index contributed by atoms with van der Waals surface area (Å²) in [5.41, 5.74) is 2.39. The Kier molecular flexibility index (Phi) is 3.60. The van der Waals surface area contributed by atoms with Crippen LogP contribution in [0.25, 0.3) is 0 Å². The minimum Gasteiger partial charge on any atom is -0.478 e. The number of anilines is 1. The molecule has 3 nitrogen and oxygen atoms in total. The van der Waals surface area contributed by atoms with Gasteiger partial charge in [0.25, 0.3) is 0 Å². The van der Waals surface area contributed by atoms with Crippen molar-refractivity contribution in [1.29, 1.82) is 0 Å². The van der Waals surface area contributed by atoms with E-state index in [1.165, 1.54) is 12.8 Å². The van der Waals surface area contributed by atoms with E-state index in [4.69, 9.17) is 5.11 Å². The molecule has 0 aromatic heterocycles. The molecule has 1 saturated heterocycles. The first-order valence-corrected chi connectivity index (χ1v) is 6.59. The van der Waals surface area contributed by atoms with E-state index in [0.29, 0.717) is 11.6 Å². The van der Waals surface area contributed by atoms with Crippen LogP contribution < -0.4 is 4.90 Å². The summed E-state index contributed by atoms with van der Waals surface area (Å²) in [6, 6.07) is 6.18. The van der Waals surface area contributed by atoms with E-state index >= 15 is 0 Å². The summed E-state index contributed by atoms with van der Waals surface area (Å²) in [5.74, 6) is -0.0602. The number of rotatable bonds is 2. The highest BCUT2D eigenvalue weighted by Crippen LogP contribution is 2.28. The fraction of sp³-hybridized carbons (Fsp3) is 0.533. The summed E-state index contributed by atoms with van der Waals surface area (Å²) < 4.78 is 0. The summed E-state index contributed by atoms with van der Waals surface area (Å²) in [4.78, 5) is 13.4. The van der Waals surface area contributed by atoms with Crippen LogP contribution in [0.15, 0.2) is 18.2 Å². The van der Waals surface area contributed by atoms with Crippen LogP contribution in [0, 0.1) is 12.8 Å². The molecule has 98 valence electrons. The maximum Gasteiger partial charge on any atom is 0.335 e. The molecule has 2 atom stereocenters.